The van der Waals surface area contributed by atoms with Gasteiger partial charge in [-0.3, -0.25) is 4.79 Å². The monoisotopic (exact) mass is 351 g/mol. The zero-order valence-corrected chi connectivity index (χ0v) is 15.8. The van der Waals surface area contributed by atoms with Crippen LogP contribution in [0.25, 0.3) is 5.52 Å². The molecule has 0 bridgehead atoms. The summed E-state index contributed by atoms with van der Waals surface area (Å²) in [6, 6.07) is 14.0. The second-order valence-corrected chi connectivity index (χ2v) is 7.21. The number of hydrogen-bond acceptors (Lipinski definition) is 3. The molecular weight excluding hydrogens is 326 g/mol. The first-order chi connectivity index (χ1) is 12.4. The van der Waals surface area contributed by atoms with E-state index in [0.29, 0.717) is 18.8 Å². The Morgan fingerprint density at radius 3 is 2.65 bits per heavy atom. The van der Waals surface area contributed by atoms with Gasteiger partial charge in [0.15, 0.2) is 5.69 Å². The average molecular weight is 351 g/mol. The van der Waals surface area contributed by atoms with Gasteiger partial charge in [0.25, 0.3) is 5.91 Å². The summed E-state index contributed by atoms with van der Waals surface area (Å²) >= 11 is 0. The first-order valence-corrected chi connectivity index (χ1v) is 8.70. The zero-order chi connectivity index (χ0) is 18.7. The van der Waals surface area contributed by atoms with Crippen molar-refractivity contribution in [3.05, 3.63) is 71.8 Å². The minimum atomic E-state index is -0.471. The van der Waals surface area contributed by atoms with Crippen LogP contribution in [0.1, 0.15) is 35.5 Å². The number of methoxy groups -OCH3 is 1. The lowest BCUT2D eigenvalue weighted by Crippen LogP contribution is -2.50. The van der Waals surface area contributed by atoms with E-state index >= 15 is 0 Å². The minimum Gasteiger partial charge on any atom is -0.382 e. The van der Waals surface area contributed by atoms with Crippen molar-refractivity contribution in [2.75, 3.05) is 13.7 Å². The van der Waals surface area contributed by atoms with Gasteiger partial charge in [0.2, 0.25) is 0 Å². The van der Waals surface area contributed by atoms with Gasteiger partial charge in [-0.15, -0.1) is 0 Å². The largest absolute Gasteiger partial charge is 0.382 e. The molecule has 5 nitrogen and oxygen atoms in total. The topological polar surface area (TPSA) is 46.8 Å². The van der Waals surface area contributed by atoms with Crippen LogP contribution in [0.5, 0.6) is 0 Å². The first kappa shape index (κ1) is 18.1. The molecule has 0 saturated heterocycles. The molecule has 1 aromatic carbocycles. The third-order valence-electron chi connectivity index (χ3n) is 4.55. The molecule has 0 aliphatic carbocycles. The summed E-state index contributed by atoms with van der Waals surface area (Å²) in [4.78, 5) is 19.7. The molecule has 0 fully saturated rings. The molecule has 0 unspecified atom stereocenters. The quantitative estimate of drug-likeness (QED) is 0.680. The fourth-order valence-electron chi connectivity index (χ4n) is 3.14. The van der Waals surface area contributed by atoms with E-state index in [1.165, 1.54) is 0 Å². The molecule has 0 aliphatic rings. The summed E-state index contributed by atoms with van der Waals surface area (Å²) in [7, 11) is 1.66. The molecule has 0 saturated carbocycles. The Hall–Kier alpha value is -2.66. The number of nitrogens with zero attached hydrogens (tertiary/aromatic N) is 3. The van der Waals surface area contributed by atoms with Gasteiger partial charge in [-0.1, -0.05) is 30.3 Å². The zero-order valence-electron chi connectivity index (χ0n) is 15.8. The number of benzene rings is 1. The van der Waals surface area contributed by atoms with Crippen LogP contribution < -0.4 is 0 Å². The number of imidazole rings is 1. The number of rotatable bonds is 6. The van der Waals surface area contributed by atoms with E-state index in [0.717, 1.165) is 16.6 Å². The highest BCUT2D eigenvalue weighted by Gasteiger charge is 2.33. The van der Waals surface area contributed by atoms with E-state index in [9.17, 15) is 4.79 Å². The van der Waals surface area contributed by atoms with E-state index in [1.54, 1.807) is 13.4 Å². The summed E-state index contributed by atoms with van der Waals surface area (Å²) < 4.78 is 7.26. The summed E-state index contributed by atoms with van der Waals surface area (Å²) in [5.41, 5.74) is 2.99. The van der Waals surface area contributed by atoms with Gasteiger partial charge < -0.3 is 14.0 Å². The van der Waals surface area contributed by atoms with Crippen molar-refractivity contribution in [3.63, 3.8) is 0 Å². The molecular formula is C21H25N3O2. The van der Waals surface area contributed by atoms with E-state index < -0.39 is 5.54 Å². The number of ether oxygens (including phenoxy) is 1. The molecule has 3 rings (SSSR count). The van der Waals surface area contributed by atoms with E-state index in [-0.39, 0.29) is 5.91 Å². The third kappa shape index (κ3) is 3.63. The first-order valence-electron chi connectivity index (χ1n) is 8.70. The molecule has 0 aliphatic heterocycles. The Morgan fingerprint density at radius 2 is 1.96 bits per heavy atom. The second-order valence-electron chi connectivity index (χ2n) is 7.21. The lowest BCUT2D eigenvalue weighted by molar-refractivity contribution is 0.0228. The van der Waals surface area contributed by atoms with Gasteiger partial charge in [0, 0.05) is 19.9 Å². The Kier molecular flexibility index (Phi) is 5.09. The van der Waals surface area contributed by atoms with Crippen LogP contribution in [0.2, 0.25) is 0 Å². The van der Waals surface area contributed by atoms with Crippen molar-refractivity contribution in [2.45, 2.75) is 32.9 Å². The molecule has 3 aromatic rings. The lowest BCUT2D eigenvalue weighted by atomic mass is 10.0. The van der Waals surface area contributed by atoms with Gasteiger partial charge in [0.1, 0.15) is 6.33 Å². The molecule has 5 heteroatoms. The Morgan fingerprint density at radius 1 is 1.23 bits per heavy atom. The number of carbonyl (C=O) groups excluding carboxylic acids is 1. The standard InChI is InChI=1S/C21H25N3O2/c1-16-10-11-23-15-22-19(18(23)12-16)20(25)24(21(2,3)14-26-4)13-17-8-6-5-7-9-17/h5-12,15H,13-14H2,1-4H3. The van der Waals surface area contributed by atoms with Gasteiger partial charge >= 0.3 is 0 Å². The van der Waals surface area contributed by atoms with Crippen LogP contribution in [-0.4, -0.2) is 39.4 Å². The predicted molar refractivity (Wildman–Crippen MR) is 102 cm³/mol. The second kappa shape index (κ2) is 7.30. The van der Waals surface area contributed by atoms with Crippen molar-refractivity contribution < 1.29 is 9.53 Å². The summed E-state index contributed by atoms with van der Waals surface area (Å²) in [6.07, 6.45) is 3.61. The highest BCUT2D eigenvalue weighted by atomic mass is 16.5. The van der Waals surface area contributed by atoms with Crippen molar-refractivity contribution in [1.29, 1.82) is 0 Å². The van der Waals surface area contributed by atoms with Gasteiger partial charge in [-0.05, 0) is 44.0 Å². The fourth-order valence-corrected chi connectivity index (χ4v) is 3.14. The van der Waals surface area contributed by atoms with Crippen LogP contribution in [0, 0.1) is 6.92 Å². The minimum absolute atomic E-state index is 0.0935. The fraction of sp³-hybridized carbons (Fsp3) is 0.333. The van der Waals surface area contributed by atoms with Crippen molar-refractivity contribution in [3.8, 4) is 0 Å². The number of aryl methyl sites for hydroxylation is 1. The number of amides is 1. The van der Waals surface area contributed by atoms with Crippen LogP contribution in [0.3, 0.4) is 0 Å². The Labute approximate surface area is 154 Å². The Bertz CT molecular complexity index is 900. The Balaban J connectivity index is 2.02. The van der Waals surface area contributed by atoms with Crippen molar-refractivity contribution in [2.24, 2.45) is 0 Å². The molecule has 0 spiro atoms. The molecule has 136 valence electrons. The molecule has 26 heavy (non-hydrogen) atoms. The van der Waals surface area contributed by atoms with Crippen molar-refractivity contribution >= 4 is 11.4 Å². The third-order valence-corrected chi connectivity index (χ3v) is 4.55. The van der Waals surface area contributed by atoms with Crippen LogP contribution >= 0.6 is 0 Å². The molecule has 0 radical (unpaired) electrons. The summed E-state index contributed by atoms with van der Waals surface area (Å²) in [5.74, 6) is -0.0935. The lowest BCUT2D eigenvalue weighted by Gasteiger charge is -2.38. The molecule has 2 aromatic heterocycles. The highest BCUT2D eigenvalue weighted by molar-refractivity contribution is 5.99. The summed E-state index contributed by atoms with van der Waals surface area (Å²) in [5, 5.41) is 0. The normalized spacial score (nSPS) is 11.7. The number of aromatic nitrogens is 2. The van der Waals surface area contributed by atoms with Gasteiger partial charge in [-0.25, -0.2) is 4.98 Å². The predicted octanol–water partition coefficient (Wildman–Crippen LogP) is 3.71. The van der Waals surface area contributed by atoms with E-state index in [2.05, 4.69) is 4.98 Å². The maximum Gasteiger partial charge on any atom is 0.275 e. The summed E-state index contributed by atoms with van der Waals surface area (Å²) in [6.45, 7) is 6.98. The maximum absolute atomic E-state index is 13.5. The highest BCUT2D eigenvalue weighted by Crippen LogP contribution is 2.23. The number of hydrogen-bond donors (Lipinski definition) is 0. The maximum atomic E-state index is 13.5. The van der Waals surface area contributed by atoms with E-state index in [4.69, 9.17) is 4.74 Å². The van der Waals surface area contributed by atoms with Crippen LogP contribution in [-0.2, 0) is 11.3 Å². The SMILES string of the molecule is COCC(C)(C)N(Cc1ccccc1)C(=O)c1ncn2ccc(C)cc12. The number of pyridine rings is 1. The average Bonchev–Trinajstić information content (AvgIpc) is 3.03. The van der Waals surface area contributed by atoms with Crippen molar-refractivity contribution in [1.82, 2.24) is 14.3 Å². The van der Waals surface area contributed by atoms with Crippen LogP contribution in [0.15, 0.2) is 55.0 Å². The van der Waals surface area contributed by atoms with Gasteiger partial charge in [-0.2, -0.15) is 0 Å². The van der Waals surface area contributed by atoms with Gasteiger partial charge in [0.05, 0.1) is 17.7 Å². The van der Waals surface area contributed by atoms with Crippen LogP contribution in [0.4, 0.5) is 0 Å². The van der Waals surface area contributed by atoms with E-state index in [1.807, 2.05) is 78.7 Å². The molecule has 1 amide bonds. The molecule has 2 heterocycles. The number of fused-ring (bicyclic) bond motifs is 1. The molecule has 0 atom stereocenters. The molecule has 0 N–H and O–H groups in total. The number of carbonyl (C=O) groups is 1. The smallest absolute Gasteiger partial charge is 0.275 e.